The Morgan fingerprint density at radius 3 is 2.32 bits per heavy atom. The molecule has 3 aliphatic rings. The van der Waals surface area contributed by atoms with Crippen molar-refractivity contribution in [2.75, 3.05) is 20.8 Å². The first kappa shape index (κ1) is 15.0. The molecular formula is C15H19NO6. The fourth-order valence-electron chi connectivity index (χ4n) is 3.62. The van der Waals surface area contributed by atoms with Crippen LogP contribution < -0.4 is 0 Å². The number of carbonyl (C=O) groups excluding carboxylic acids is 3. The van der Waals surface area contributed by atoms with E-state index >= 15 is 0 Å². The molecule has 3 rings (SSSR count). The predicted molar refractivity (Wildman–Crippen MR) is 73.5 cm³/mol. The topological polar surface area (TPSA) is 82.1 Å². The van der Waals surface area contributed by atoms with Crippen LogP contribution in [0.25, 0.3) is 0 Å². The summed E-state index contributed by atoms with van der Waals surface area (Å²) in [6.07, 6.45) is 4.06. The lowest BCUT2D eigenvalue weighted by Crippen LogP contribution is -2.49. The minimum atomic E-state index is -0.647. The second kappa shape index (κ2) is 5.72. The molecule has 7 heteroatoms. The van der Waals surface area contributed by atoms with Crippen molar-refractivity contribution in [1.82, 2.24) is 4.90 Å². The normalized spacial score (nSPS) is 35.7. The van der Waals surface area contributed by atoms with Crippen LogP contribution in [0, 0.1) is 11.8 Å². The van der Waals surface area contributed by atoms with E-state index in [0.29, 0.717) is 13.0 Å². The zero-order chi connectivity index (χ0) is 15.9. The van der Waals surface area contributed by atoms with Gasteiger partial charge in [0, 0.05) is 6.54 Å². The van der Waals surface area contributed by atoms with Gasteiger partial charge in [-0.3, -0.25) is 9.59 Å². The molecular weight excluding hydrogens is 290 g/mol. The molecule has 0 aromatic heterocycles. The van der Waals surface area contributed by atoms with E-state index in [4.69, 9.17) is 14.2 Å². The molecule has 5 atom stereocenters. The third kappa shape index (κ3) is 2.20. The van der Waals surface area contributed by atoms with E-state index in [-0.39, 0.29) is 5.91 Å². The smallest absolute Gasteiger partial charge is 0.328 e. The highest BCUT2D eigenvalue weighted by Gasteiger charge is 2.55. The van der Waals surface area contributed by atoms with Crippen molar-refractivity contribution in [3.8, 4) is 0 Å². The number of likely N-dealkylation sites (tertiary alicyclic amines) is 1. The molecule has 0 N–H and O–H groups in total. The zero-order valence-electron chi connectivity index (χ0n) is 12.6. The molecule has 7 nitrogen and oxygen atoms in total. The fraction of sp³-hybridized carbons (Fsp3) is 0.667. The minimum Gasteiger partial charge on any atom is -0.469 e. The molecule has 2 bridgehead atoms. The molecule has 0 aromatic carbocycles. The van der Waals surface area contributed by atoms with E-state index in [0.717, 1.165) is 6.42 Å². The maximum Gasteiger partial charge on any atom is 0.328 e. The fourth-order valence-corrected chi connectivity index (χ4v) is 3.62. The third-order valence-electron chi connectivity index (χ3n) is 4.67. The van der Waals surface area contributed by atoms with Crippen LogP contribution in [0.2, 0.25) is 0 Å². The van der Waals surface area contributed by atoms with Crippen molar-refractivity contribution in [1.29, 1.82) is 0 Å². The highest BCUT2D eigenvalue weighted by Crippen LogP contribution is 2.41. The zero-order valence-corrected chi connectivity index (χ0v) is 12.6. The summed E-state index contributed by atoms with van der Waals surface area (Å²) in [6.45, 7) is 0.490. The van der Waals surface area contributed by atoms with E-state index in [1.165, 1.54) is 19.1 Å². The Labute approximate surface area is 128 Å². The Hall–Kier alpha value is -1.89. The Balaban J connectivity index is 1.83. The molecule has 1 amide bonds. The van der Waals surface area contributed by atoms with Crippen molar-refractivity contribution in [3.05, 3.63) is 12.2 Å². The van der Waals surface area contributed by atoms with E-state index < -0.39 is 42.0 Å². The van der Waals surface area contributed by atoms with E-state index in [1.807, 2.05) is 0 Å². The number of methoxy groups -OCH3 is 2. The number of fused-ring (bicyclic) bond motifs is 2. The van der Waals surface area contributed by atoms with Crippen LogP contribution in [0.4, 0.5) is 0 Å². The third-order valence-corrected chi connectivity index (χ3v) is 4.67. The Kier molecular flexibility index (Phi) is 3.90. The van der Waals surface area contributed by atoms with Crippen LogP contribution >= 0.6 is 0 Å². The van der Waals surface area contributed by atoms with Crippen molar-refractivity contribution < 1.29 is 28.6 Å². The minimum absolute atomic E-state index is 0.236. The largest absolute Gasteiger partial charge is 0.469 e. The molecule has 3 aliphatic heterocycles. The van der Waals surface area contributed by atoms with Crippen molar-refractivity contribution in [2.45, 2.75) is 31.1 Å². The first-order chi connectivity index (χ1) is 10.6. The summed E-state index contributed by atoms with van der Waals surface area (Å²) in [4.78, 5) is 38.2. The lowest BCUT2D eigenvalue weighted by atomic mass is 9.82. The number of nitrogens with zero attached hydrogens (tertiary/aromatic N) is 1. The molecule has 3 heterocycles. The summed E-state index contributed by atoms with van der Waals surface area (Å²) in [5.41, 5.74) is 0. The van der Waals surface area contributed by atoms with Gasteiger partial charge in [-0.15, -0.1) is 0 Å². The quantitative estimate of drug-likeness (QED) is 0.534. The standard InChI is InChI=1S/C15H19NO6/c1-20-14(18)8-4-3-7-16(8)13(17)11-9-5-6-10(22-9)12(11)15(19)21-2/h5-6,8-12H,3-4,7H2,1-2H3/t8-,9+,10-,11+,12-/m0/s1. The molecule has 0 saturated carbocycles. The number of ether oxygens (including phenoxy) is 3. The van der Waals surface area contributed by atoms with Gasteiger partial charge in [0.1, 0.15) is 12.0 Å². The van der Waals surface area contributed by atoms with Gasteiger partial charge in [-0.2, -0.15) is 0 Å². The van der Waals surface area contributed by atoms with Gasteiger partial charge in [0.15, 0.2) is 0 Å². The van der Waals surface area contributed by atoms with Gasteiger partial charge in [0.2, 0.25) is 5.91 Å². The average molecular weight is 309 g/mol. The molecule has 0 aromatic rings. The van der Waals surface area contributed by atoms with Gasteiger partial charge in [0.25, 0.3) is 0 Å². The van der Waals surface area contributed by atoms with Gasteiger partial charge >= 0.3 is 11.9 Å². The van der Waals surface area contributed by atoms with Gasteiger partial charge < -0.3 is 19.1 Å². The molecule has 0 radical (unpaired) electrons. The van der Waals surface area contributed by atoms with Gasteiger partial charge in [-0.05, 0) is 12.8 Å². The van der Waals surface area contributed by atoms with Crippen LogP contribution in [-0.4, -0.2) is 61.8 Å². The van der Waals surface area contributed by atoms with Crippen LogP contribution in [0.1, 0.15) is 12.8 Å². The molecule has 0 aliphatic carbocycles. The molecule has 0 unspecified atom stereocenters. The van der Waals surface area contributed by atoms with Crippen LogP contribution in [0.3, 0.4) is 0 Å². The maximum atomic E-state index is 12.9. The lowest BCUT2D eigenvalue weighted by Gasteiger charge is -2.29. The summed E-state index contributed by atoms with van der Waals surface area (Å²) in [7, 11) is 2.61. The first-order valence-electron chi connectivity index (χ1n) is 7.38. The predicted octanol–water partition coefficient (Wildman–Crippen LogP) is -0.107. The van der Waals surface area contributed by atoms with Crippen molar-refractivity contribution in [2.24, 2.45) is 11.8 Å². The Bertz CT molecular complexity index is 530. The van der Waals surface area contributed by atoms with E-state index in [2.05, 4.69) is 0 Å². The number of carbonyl (C=O) groups is 3. The second-order valence-corrected chi connectivity index (χ2v) is 5.74. The monoisotopic (exact) mass is 309 g/mol. The molecule has 120 valence electrons. The van der Waals surface area contributed by atoms with Crippen molar-refractivity contribution >= 4 is 17.8 Å². The molecule has 2 fully saturated rings. The summed E-state index contributed by atoms with van der Waals surface area (Å²) in [5.74, 6) is -2.39. The summed E-state index contributed by atoms with van der Waals surface area (Å²) >= 11 is 0. The van der Waals surface area contributed by atoms with Gasteiger partial charge in [-0.1, -0.05) is 12.2 Å². The maximum absolute atomic E-state index is 12.9. The summed E-state index contributed by atoms with van der Waals surface area (Å²) in [6, 6.07) is -0.570. The number of hydrogen-bond donors (Lipinski definition) is 0. The van der Waals surface area contributed by atoms with Gasteiger partial charge in [-0.25, -0.2) is 4.79 Å². The number of hydrogen-bond acceptors (Lipinski definition) is 6. The number of rotatable bonds is 3. The van der Waals surface area contributed by atoms with Crippen LogP contribution in [-0.2, 0) is 28.6 Å². The lowest BCUT2D eigenvalue weighted by molar-refractivity contribution is -0.156. The van der Waals surface area contributed by atoms with E-state index in [9.17, 15) is 14.4 Å². The van der Waals surface area contributed by atoms with E-state index in [1.54, 1.807) is 12.2 Å². The molecule has 22 heavy (non-hydrogen) atoms. The SMILES string of the molecule is COC(=O)[C@@H]1[C@H](C(=O)N2CCC[C@H]2C(=O)OC)[C@H]2C=C[C@@H]1O2. The number of amides is 1. The number of esters is 2. The van der Waals surface area contributed by atoms with Crippen LogP contribution in [0.15, 0.2) is 12.2 Å². The first-order valence-corrected chi connectivity index (χ1v) is 7.38. The highest BCUT2D eigenvalue weighted by atomic mass is 16.5. The highest BCUT2D eigenvalue weighted by molar-refractivity contribution is 5.91. The average Bonchev–Trinajstić information content (AvgIpc) is 3.26. The summed E-state index contributed by atoms with van der Waals surface area (Å²) in [5, 5.41) is 0. The molecule has 2 saturated heterocycles. The Morgan fingerprint density at radius 1 is 1.05 bits per heavy atom. The second-order valence-electron chi connectivity index (χ2n) is 5.74. The van der Waals surface area contributed by atoms with Crippen molar-refractivity contribution in [3.63, 3.8) is 0 Å². The van der Waals surface area contributed by atoms with Crippen LogP contribution in [0.5, 0.6) is 0 Å². The summed E-state index contributed by atoms with van der Waals surface area (Å²) < 4.78 is 15.2. The Morgan fingerprint density at radius 2 is 1.68 bits per heavy atom. The van der Waals surface area contributed by atoms with Gasteiger partial charge in [0.05, 0.1) is 32.3 Å². The molecule has 0 spiro atoms.